The van der Waals surface area contributed by atoms with Crippen LogP contribution >= 0.6 is 0 Å². The Morgan fingerprint density at radius 2 is 2.14 bits per heavy atom. The Kier molecular flexibility index (Phi) is 5.13. The van der Waals surface area contributed by atoms with E-state index in [1.807, 2.05) is 29.2 Å². The number of amides is 1. The number of benzene rings is 1. The fourth-order valence-electron chi connectivity index (χ4n) is 4.89. The molecule has 0 bridgehead atoms. The Labute approximate surface area is 166 Å². The number of nitrogens with zero attached hydrogens (tertiary/aromatic N) is 3. The van der Waals surface area contributed by atoms with Gasteiger partial charge in [-0.2, -0.15) is 5.10 Å². The SMILES string of the molecule is COc1cccc(CC(=O)N2CC(c3nc(C(C)C)n[nH]3)C3(CCCC3)C2)c1. The van der Waals surface area contributed by atoms with Gasteiger partial charge in [-0.15, -0.1) is 0 Å². The summed E-state index contributed by atoms with van der Waals surface area (Å²) in [4.78, 5) is 19.9. The lowest BCUT2D eigenvalue weighted by Crippen LogP contribution is -2.32. The summed E-state index contributed by atoms with van der Waals surface area (Å²) in [6.45, 7) is 5.78. The minimum atomic E-state index is 0.151. The Morgan fingerprint density at radius 1 is 1.36 bits per heavy atom. The number of nitrogens with one attached hydrogen (secondary N) is 1. The molecule has 1 amide bonds. The third kappa shape index (κ3) is 3.52. The fraction of sp³-hybridized carbons (Fsp3) is 0.591. The first-order valence-electron chi connectivity index (χ1n) is 10.3. The maximum absolute atomic E-state index is 13.1. The first kappa shape index (κ1) is 19.0. The smallest absolute Gasteiger partial charge is 0.227 e. The molecule has 1 unspecified atom stereocenters. The Hall–Kier alpha value is -2.37. The fourth-order valence-corrected chi connectivity index (χ4v) is 4.89. The molecule has 1 atom stereocenters. The van der Waals surface area contributed by atoms with E-state index >= 15 is 0 Å². The van der Waals surface area contributed by atoms with Crippen molar-refractivity contribution in [2.24, 2.45) is 5.41 Å². The maximum atomic E-state index is 13.1. The molecule has 28 heavy (non-hydrogen) atoms. The number of carbonyl (C=O) groups excluding carboxylic acids is 1. The van der Waals surface area contributed by atoms with Gasteiger partial charge in [-0.3, -0.25) is 9.89 Å². The average Bonchev–Trinajstić information content (AvgIpc) is 3.42. The number of H-pyrrole nitrogens is 1. The number of carbonyl (C=O) groups is 1. The largest absolute Gasteiger partial charge is 0.497 e. The van der Waals surface area contributed by atoms with Crippen LogP contribution in [0.15, 0.2) is 24.3 Å². The molecular weight excluding hydrogens is 352 g/mol. The summed E-state index contributed by atoms with van der Waals surface area (Å²) >= 11 is 0. The molecule has 1 spiro atoms. The quantitative estimate of drug-likeness (QED) is 0.857. The van der Waals surface area contributed by atoms with Crippen molar-refractivity contribution in [1.82, 2.24) is 20.1 Å². The molecule has 1 saturated carbocycles. The highest BCUT2D eigenvalue weighted by Gasteiger charge is 2.51. The molecule has 1 aliphatic carbocycles. The molecule has 6 heteroatoms. The minimum absolute atomic E-state index is 0.151. The Bertz CT molecular complexity index is 839. The molecule has 2 heterocycles. The first-order valence-corrected chi connectivity index (χ1v) is 10.3. The third-order valence-corrected chi connectivity index (χ3v) is 6.46. The summed E-state index contributed by atoms with van der Waals surface area (Å²) in [7, 11) is 1.65. The van der Waals surface area contributed by atoms with Gasteiger partial charge in [0, 0.05) is 24.9 Å². The summed E-state index contributed by atoms with van der Waals surface area (Å²) in [6, 6.07) is 7.78. The van der Waals surface area contributed by atoms with Crippen molar-refractivity contribution in [3.8, 4) is 5.75 Å². The lowest BCUT2D eigenvalue weighted by Gasteiger charge is -2.28. The van der Waals surface area contributed by atoms with Crippen molar-refractivity contribution in [2.75, 3.05) is 20.2 Å². The second kappa shape index (κ2) is 7.57. The molecule has 6 nitrogen and oxygen atoms in total. The van der Waals surface area contributed by atoms with Crippen LogP contribution in [0.1, 0.15) is 68.6 Å². The van der Waals surface area contributed by atoms with E-state index < -0.39 is 0 Å². The van der Waals surface area contributed by atoms with Crippen molar-refractivity contribution < 1.29 is 9.53 Å². The second-order valence-corrected chi connectivity index (χ2v) is 8.66. The number of ether oxygens (including phenoxy) is 1. The monoisotopic (exact) mass is 382 g/mol. The molecule has 1 N–H and O–H groups in total. The Morgan fingerprint density at radius 3 is 2.82 bits per heavy atom. The molecule has 2 fully saturated rings. The molecular formula is C22H30N4O2. The summed E-state index contributed by atoms with van der Waals surface area (Å²) in [6.07, 6.45) is 5.21. The maximum Gasteiger partial charge on any atom is 0.227 e. The normalized spacial score (nSPS) is 21.0. The highest BCUT2D eigenvalue weighted by molar-refractivity contribution is 5.79. The van der Waals surface area contributed by atoms with Crippen LogP contribution in [0.5, 0.6) is 5.75 Å². The van der Waals surface area contributed by atoms with Crippen LogP contribution in [0.3, 0.4) is 0 Å². The molecule has 0 radical (unpaired) electrons. The van der Waals surface area contributed by atoms with Crippen LogP contribution in [0.2, 0.25) is 0 Å². The number of rotatable bonds is 5. The number of methoxy groups -OCH3 is 1. The van der Waals surface area contributed by atoms with Crippen LogP contribution in [-0.4, -0.2) is 46.2 Å². The van der Waals surface area contributed by atoms with E-state index in [1.54, 1.807) is 7.11 Å². The van der Waals surface area contributed by atoms with Gasteiger partial charge in [0.05, 0.1) is 13.5 Å². The summed E-state index contributed by atoms with van der Waals surface area (Å²) < 4.78 is 5.29. The van der Waals surface area contributed by atoms with Crippen molar-refractivity contribution in [3.05, 3.63) is 41.5 Å². The topological polar surface area (TPSA) is 71.1 Å². The molecule has 2 aromatic rings. The standard InChI is InChI=1S/C22H30N4O2/c1-15(2)20-23-21(25-24-20)18-13-26(14-22(18)9-4-5-10-22)19(27)12-16-7-6-8-17(11-16)28-3/h6-8,11,15,18H,4-5,9-10,12-14H2,1-3H3,(H,23,24,25). The summed E-state index contributed by atoms with van der Waals surface area (Å²) in [5.74, 6) is 3.36. The van der Waals surface area contributed by atoms with E-state index in [9.17, 15) is 4.79 Å². The summed E-state index contributed by atoms with van der Waals surface area (Å²) in [5, 5.41) is 7.61. The first-order chi connectivity index (χ1) is 13.5. The van der Waals surface area contributed by atoms with Gasteiger partial charge in [0.2, 0.25) is 5.91 Å². The van der Waals surface area contributed by atoms with Gasteiger partial charge in [-0.1, -0.05) is 38.8 Å². The van der Waals surface area contributed by atoms with E-state index in [0.29, 0.717) is 12.3 Å². The van der Waals surface area contributed by atoms with Crippen molar-refractivity contribution in [3.63, 3.8) is 0 Å². The lowest BCUT2D eigenvalue weighted by molar-refractivity contribution is -0.129. The zero-order chi connectivity index (χ0) is 19.7. The zero-order valence-corrected chi connectivity index (χ0v) is 17.1. The van der Waals surface area contributed by atoms with E-state index in [4.69, 9.17) is 9.72 Å². The van der Waals surface area contributed by atoms with E-state index in [-0.39, 0.29) is 17.2 Å². The molecule has 1 aromatic carbocycles. The van der Waals surface area contributed by atoms with Crippen molar-refractivity contribution in [1.29, 1.82) is 0 Å². The number of likely N-dealkylation sites (tertiary alicyclic amines) is 1. The van der Waals surface area contributed by atoms with Gasteiger partial charge >= 0.3 is 0 Å². The highest BCUT2D eigenvalue weighted by Crippen LogP contribution is 2.52. The molecule has 2 aliphatic rings. The van der Waals surface area contributed by atoms with Crippen LogP contribution < -0.4 is 4.74 Å². The van der Waals surface area contributed by atoms with Gasteiger partial charge in [-0.25, -0.2) is 4.98 Å². The lowest BCUT2D eigenvalue weighted by atomic mass is 9.76. The molecule has 4 rings (SSSR count). The number of aromatic nitrogens is 3. The minimum Gasteiger partial charge on any atom is -0.497 e. The van der Waals surface area contributed by atoms with E-state index in [1.165, 1.54) is 12.8 Å². The Balaban J connectivity index is 1.53. The third-order valence-electron chi connectivity index (χ3n) is 6.46. The predicted molar refractivity (Wildman–Crippen MR) is 107 cm³/mol. The van der Waals surface area contributed by atoms with Gasteiger partial charge in [0.15, 0.2) is 5.82 Å². The van der Waals surface area contributed by atoms with Gasteiger partial charge in [0.25, 0.3) is 0 Å². The highest BCUT2D eigenvalue weighted by atomic mass is 16.5. The van der Waals surface area contributed by atoms with E-state index in [2.05, 4.69) is 24.0 Å². The predicted octanol–water partition coefficient (Wildman–Crippen LogP) is 3.67. The molecule has 1 aromatic heterocycles. The van der Waals surface area contributed by atoms with Crippen LogP contribution in [-0.2, 0) is 11.2 Å². The van der Waals surface area contributed by atoms with Crippen LogP contribution in [0.4, 0.5) is 0 Å². The van der Waals surface area contributed by atoms with Crippen LogP contribution in [0, 0.1) is 5.41 Å². The number of hydrogen-bond acceptors (Lipinski definition) is 4. The van der Waals surface area contributed by atoms with Gasteiger partial charge in [0.1, 0.15) is 11.6 Å². The summed E-state index contributed by atoms with van der Waals surface area (Å²) in [5.41, 5.74) is 1.15. The average molecular weight is 383 g/mol. The van der Waals surface area contributed by atoms with Crippen molar-refractivity contribution in [2.45, 2.75) is 57.8 Å². The van der Waals surface area contributed by atoms with Gasteiger partial charge in [-0.05, 0) is 36.0 Å². The molecule has 1 saturated heterocycles. The number of hydrogen-bond donors (Lipinski definition) is 1. The molecule has 150 valence electrons. The van der Waals surface area contributed by atoms with Gasteiger partial charge < -0.3 is 9.64 Å². The molecule has 1 aliphatic heterocycles. The van der Waals surface area contributed by atoms with Crippen LogP contribution in [0.25, 0.3) is 0 Å². The van der Waals surface area contributed by atoms with E-state index in [0.717, 1.165) is 48.9 Å². The number of aromatic amines is 1. The second-order valence-electron chi connectivity index (χ2n) is 8.66. The van der Waals surface area contributed by atoms with Crippen molar-refractivity contribution >= 4 is 5.91 Å². The zero-order valence-electron chi connectivity index (χ0n) is 17.1.